The summed E-state index contributed by atoms with van der Waals surface area (Å²) in [5.41, 5.74) is 2.53. The number of aryl methyl sites for hydroxylation is 1. The lowest BCUT2D eigenvalue weighted by Gasteiger charge is -2.13. The van der Waals surface area contributed by atoms with Gasteiger partial charge in [-0.1, -0.05) is 18.2 Å². The predicted molar refractivity (Wildman–Crippen MR) is 84.6 cm³/mol. The zero-order valence-electron chi connectivity index (χ0n) is 12.9. The van der Waals surface area contributed by atoms with Crippen molar-refractivity contribution in [1.82, 2.24) is 20.4 Å². The van der Waals surface area contributed by atoms with Crippen LogP contribution in [0.3, 0.4) is 0 Å². The smallest absolute Gasteiger partial charge is 0.315 e. The van der Waals surface area contributed by atoms with Gasteiger partial charge in [-0.15, -0.1) is 0 Å². The summed E-state index contributed by atoms with van der Waals surface area (Å²) >= 11 is 0. The molecule has 8 heteroatoms. The number of amides is 2. The second-order valence-electron chi connectivity index (χ2n) is 5.58. The highest BCUT2D eigenvalue weighted by atomic mass is 32.2. The highest BCUT2D eigenvalue weighted by molar-refractivity contribution is 7.91. The zero-order valence-corrected chi connectivity index (χ0v) is 13.7. The first-order valence-electron chi connectivity index (χ1n) is 7.22. The van der Waals surface area contributed by atoms with Crippen LogP contribution in [0.25, 0.3) is 0 Å². The van der Waals surface area contributed by atoms with Crippen molar-refractivity contribution < 1.29 is 13.2 Å². The van der Waals surface area contributed by atoms with E-state index in [-0.39, 0.29) is 5.75 Å². The molecule has 1 aliphatic heterocycles. The highest BCUT2D eigenvalue weighted by Crippen LogP contribution is 2.32. The molecule has 1 atom stereocenters. The maximum Gasteiger partial charge on any atom is 0.315 e. The molecule has 0 saturated carbocycles. The quantitative estimate of drug-likeness (QED) is 0.877. The molecule has 0 saturated heterocycles. The minimum atomic E-state index is -3.33. The van der Waals surface area contributed by atoms with Crippen molar-refractivity contribution in [2.45, 2.75) is 24.4 Å². The van der Waals surface area contributed by atoms with Crippen LogP contribution in [0.1, 0.15) is 22.9 Å². The van der Waals surface area contributed by atoms with Gasteiger partial charge < -0.3 is 10.6 Å². The van der Waals surface area contributed by atoms with Crippen LogP contribution in [-0.4, -0.2) is 30.0 Å². The first-order valence-corrected chi connectivity index (χ1v) is 8.87. The fraction of sp³-hybridized carbons (Fsp3) is 0.333. The molecule has 1 aromatic heterocycles. The number of nitrogens with zero attached hydrogens (tertiary/aromatic N) is 2. The molecule has 0 unspecified atom stereocenters. The van der Waals surface area contributed by atoms with Crippen LogP contribution in [0.15, 0.2) is 35.4 Å². The van der Waals surface area contributed by atoms with E-state index in [9.17, 15) is 13.2 Å². The molecule has 7 nitrogen and oxygen atoms in total. The molecule has 0 bridgehead atoms. The number of carbonyl (C=O) groups excluding carboxylic acids is 1. The third kappa shape index (κ3) is 2.94. The van der Waals surface area contributed by atoms with Crippen LogP contribution in [0.2, 0.25) is 0 Å². The number of benzene rings is 1. The number of aromatic nitrogens is 2. The fourth-order valence-electron chi connectivity index (χ4n) is 2.67. The Morgan fingerprint density at radius 2 is 2.13 bits per heavy atom. The number of nitrogens with one attached hydrogen (secondary N) is 2. The summed E-state index contributed by atoms with van der Waals surface area (Å²) in [4.78, 5) is 12.4. The van der Waals surface area contributed by atoms with Crippen LogP contribution in [0.5, 0.6) is 0 Å². The van der Waals surface area contributed by atoms with Gasteiger partial charge in [-0.2, -0.15) is 5.10 Å². The van der Waals surface area contributed by atoms with Crippen LogP contribution in [0, 0.1) is 6.92 Å². The van der Waals surface area contributed by atoms with E-state index in [1.807, 2.05) is 14.0 Å². The third-order valence-electron chi connectivity index (χ3n) is 4.10. The molecule has 1 aliphatic rings. The van der Waals surface area contributed by atoms with Gasteiger partial charge in [0.1, 0.15) is 0 Å². The fourth-order valence-corrected chi connectivity index (χ4v) is 4.41. The molecule has 0 fully saturated rings. The summed E-state index contributed by atoms with van der Waals surface area (Å²) in [7, 11) is -1.49. The molecule has 3 rings (SSSR count). The van der Waals surface area contributed by atoms with Crippen molar-refractivity contribution in [2.75, 3.05) is 5.75 Å². The molecule has 2 N–H and O–H groups in total. The molecule has 23 heavy (non-hydrogen) atoms. The molecular weight excluding hydrogens is 316 g/mol. The van der Waals surface area contributed by atoms with E-state index in [1.54, 1.807) is 35.1 Å². The van der Waals surface area contributed by atoms with Gasteiger partial charge in [0.15, 0.2) is 9.84 Å². The number of urea groups is 1. The molecule has 122 valence electrons. The number of rotatable bonds is 3. The predicted octanol–water partition coefficient (Wildman–Crippen LogP) is 1.06. The van der Waals surface area contributed by atoms with Crippen LogP contribution >= 0.6 is 0 Å². The van der Waals surface area contributed by atoms with Gasteiger partial charge in [-0.25, -0.2) is 13.2 Å². The summed E-state index contributed by atoms with van der Waals surface area (Å²) in [6.45, 7) is 2.26. The lowest BCUT2D eigenvalue weighted by molar-refractivity contribution is 0.237. The van der Waals surface area contributed by atoms with E-state index in [0.717, 1.165) is 11.3 Å². The molecule has 0 aliphatic carbocycles. The normalized spacial score (nSPS) is 18.4. The zero-order chi connectivity index (χ0) is 16.6. The lowest BCUT2D eigenvalue weighted by Crippen LogP contribution is -2.38. The van der Waals surface area contributed by atoms with Crippen molar-refractivity contribution >= 4 is 15.9 Å². The lowest BCUT2D eigenvalue weighted by atomic mass is 10.1. The first-order chi connectivity index (χ1) is 10.9. The highest BCUT2D eigenvalue weighted by Gasteiger charge is 2.35. The maximum atomic E-state index is 12.1. The molecular formula is C15H18N4O3S. The molecule has 2 amide bonds. The van der Waals surface area contributed by atoms with Gasteiger partial charge in [0.2, 0.25) is 0 Å². The van der Waals surface area contributed by atoms with E-state index < -0.39 is 21.9 Å². The van der Waals surface area contributed by atoms with Gasteiger partial charge in [-0.3, -0.25) is 4.68 Å². The van der Waals surface area contributed by atoms with Gasteiger partial charge in [0.25, 0.3) is 0 Å². The average Bonchev–Trinajstić information content (AvgIpc) is 2.96. The van der Waals surface area contributed by atoms with E-state index in [1.165, 1.54) is 0 Å². The Morgan fingerprint density at radius 1 is 1.39 bits per heavy atom. The number of hydrogen-bond donors (Lipinski definition) is 2. The maximum absolute atomic E-state index is 12.1. The monoisotopic (exact) mass is 334 g/mol. The van der Waals surface area contributed by atoms with Crippen LogP contribution in [-0.2, 0) is 23.4 Å². The van der Waals surface area contributed by atoms with Gasteiger partial charge in [0, 0.05) is 24.8 Å². The Morgan fingerprint density at radius 3 is 2.83 bits per heavy atom. The van der Waals surface area contributed by atoms with Crippen molar-refractivity contribution in [3.63, 3.8) is 0 Å². The number of carbonyl (C=O) groups is 1. The summed E-state index contributed by atoms with van der Waals surface area (Å²) in [6.07, 6.45) is 1.70. The molecule has 2 heterocycles. The van der Waals surface area contributed by atoms with Crippen LogP contribution in [0.4, 0.5) is 4.79 Å². The number of fused-ring (bicyclic) bond motifs is 1. The Labute approximate surface area is 134 Å². The first kappa shape index (κ1) is 15.5. The Hall–Kier alpha value is -2.35. The number of hydrogen-bond acceptors (Lipinski definition) is 4. The number of sulfone groups is 1. The molecule has 0 radical (unpaired) electrons. The van der Waals surface area contributed by atoms with E-state index >= 15 is 0 Å². The SMILES string of the molecule is Cc1c(CNC(=O)N[C@@H]2CS(=O)(=O)c3ccccc32)cnn1C. The van der Waals surface area contributed by atoms with Crippen molar-refractivity contribution in [3.8, 4) is 0 Å². The van der Waals surface area contributed by atoms with Crippen LogP contribution < -0.4 is 10.6 Å². The summed E-state index contributed by atoms with van der Waals surface area (Å²) in [6, 6.07) is 5.84. The Bertz CT molecular complexity index is 857. The Balaban J connectivity index is 1.66. The van der Waals surface area contributed by atoms with E-state index in [0.29, 0.717) is 17.0 Å². The second kappa shape index (κ2) is 5.69. The van der Waals surface area contributed by atoms with E-state index in [4.69, 9.17) is 0 Å². The average molecular weight is 334 g/mol. The Kier molecular flexibility index (Phi) is 3.85. The largest absolute Gasteiger partial charge is 0.334 e. The summed E-state index contributed by atoms with van der Waals surface area (Å²) < 4.78 is 25.9. The third-order valence-corrected chi connectivity index (χ3v) is 5.91. The van der Waals surface area contributed by atoms with Gasteiger partial charge in [-0.05, 0) is 18.6 Å². The second-order valence-corrected chi connectivity index (χ2v) is 7.58. The minimum absolute atomic E-state index is 0.105. The van der Waals surface area contributed by atoms with Crippen molar-refractivity contribution in [2.24, 2.45) is 7.05 Å². The van der Waals surface area contributed by atoms with Crippen molar-refractivity contribution in [1.29, 1.82) is 0 Å². The van der Waals surface area contributed by atoms with Crippen molar-refractivity contribution in [3.05, 3.63) is 47.3 Å². The summed E-state index contributed by atoms with van der Waals surface area (Å²) in [5, 5.41) is 9.58. The topological polar surface area (TPSA) is 93.1 Å². The standard InChI is InChI=1S/C15H18N4O3S/c1-10-11(8-17-19(10)2)7-16-15(20)18-13-9-23(21,22)14-6-4-3-5-12(13)14/h3-6,8,13H,7,9H2,1-2H3,(H2,16,18,20)/t13-/m1/s1. The van der Waals surface area contributed by atoms with E-state index in [2.05, 4.69) is 15.7 Å². The minimum Gasteiger partial charge on any atom is -0.334 e. The molecule has 0 spiro atoms. The molecule has 1 aromatic carbocycles. The van der Waals surface area contributed by atoms with Gasteiger partial charge in [0.05, 0.1) is 22.9 Å². The molecule has 2 aromatic rings. The summed E-state index contributed by atoms with van der Waals surface area (Å²) in [5.74, 6) is -0.105. The van der Waals surface area contributed by atoms with Gasteiger partial charge >= 0.3 is 6.03 Å².